The van der Waals surface area contributed by atoms with Crippen LogP contribution in [0, 0.1) is 0 Å². The lowest BCUT2D eigenvalue weighted by atomic mass is 10.2. The Balaban J connectivity index is 1.42. The van der Waals surface area contributed by atoms with Crippen LogP contribution >= 0.6 is 15.9 Å². The number of aryl methyl sites for hydroxylation is 1. The van der Waals surface area contributed by atoms with E-state index in [2.05, 4.69) is 49.0 Å². The zero-order valence-corrected chi connectivity index (χ0v) is 16.6. The summed E-state index contributed by atoms with van der Waals surface area (Å²) in [5.74, 6) is 0. The highest BCUT2D eigenvalue weighted by molar-refractivity contribution is 9.10. The number of aromatic nitrogens is 3. The smallest absolute Gasteiger partial charge is 0.347 e. The van der Waals surface area contributed by atoms with Crippen LogP contribution in [0.15, 0.2) is 44.5 Å². The van der Waals surface area contributed by atoms with Crippen molar-refractivity contribution < 1.29 is 0 Å². The molecule has 1 aliphatic heterocycles. The van der Waals surface area contributed by atoms with Crippen LogP contribution in [0.2, 0.25) is 0 Å². The van der Waals surface area contributed by atoms with Gasteiger partial charge in [-0.1, -0.05) is 12.1 Å². The molecule has 1 saturated heterocycles. The first-order valence-electron chi connectivity index (χ1n) is 8.91. The Morgan fingerprint density at radius 2 is 1.73 bits per heavy atom. The number of nitrogens with zero attached hydrogens (tertiary/aromatic N) is 5. The van der Waals surface area contributed by atoms with Crippen molar-refractivity contribution in [3.63, 3.8) is 0 Å². The molecule has 0 atom stereocenters. The molecule has 0 N–H and O–H groups in total. The Hall–Kier alpha value is -1.93. The number of benzene rings is 1. The second-order valence-electron chi connectivity index (χ2n) is 6.53. The minimum absolute atomic E-state index is 0.348. The Bertz CT molecular complexity index is 855. The maximum absolute atomic E-state index is 11.9. The van der Waals surface area contributed by atoms with Crippen molar-refractivity contribution in [3.05, 3.63) is 55.8 Å². The van der Waals surface area contributed by atoms with E-state index in [-0.39, 0.29) is 11.2 Å². The second kappa shape index (κ2) is 8.64. The standard InChI is InChI=1S/C18H24BrN5O2/c1-21-17(25)14-20-24(18(21)26)9-5-4-8-22-10-12-23(13-11-22)16-7-3-2-6-15(16)19/h2-3,6-7,14H,4-5,8-13H2,1H3. The van der Waals surface area contributed by atoms with E-state index in [0.29, 0.717) is 6.54 Å². The predicted molar refractivity (Wildman–Crippen MR) is 106 cm³/mol. The summed E-state index contributed by atoms with van der Waals surface area (Å²) >= 11 is 3.63. The Morgan fingerprint density at radius 1 is 1.04 bits per heavy atom. The fourth-order valence-corrected chi connectivity index (χ4v) is 3.73. The Kier molecular flexibility index (Phi) is 6.26. The number of hydrogen-bond acceptors (Lipinski definition) is 5. The topological polar surface area (TPSA) is 63.4 Å². The minimum atomic E-state index is -0.367. The molecule has 26 heavy (non-hydrogen) atoms. The molecule has 3 rings (SSSR count). The van der Waals surface area contributed by atoms with E-state index in [4.69, 9.17) is 0 Å². The van der Waals surface area contributed by atoms with Gasteiger partial charge in [0.2, 0.25) is 0 Å². The van der Waals surface area contributed by atoms with Gasteiger partial charge >= 0.3 is 5.69 Å². The number of hydrogen-bond donors (Lipinski definition) is 0. The van der Waals surface area contributed by atoms with Gasteiger partial charge in [-0.05, 0) is 47.4 Å². The Labute approximate surface area is 161 Å². The lowest BCUT2D eigenvalue weighted by molar-refractivity contribution is 0.250. The number of anilines is 1. The van der Waals surface area contributed by atoms with E-state index in [9.17, 15) is 9.59 Å². The molecule has 1 aliphatic rings. The molecule has 8 heteroatoms. The van der Waals surface area contributed by atoms with Gasteiger partial charge in [-0.2, -0.15) is 5.10 Å². The first-order valence-corrected chi connectivity index (χ1v) is 9.70. The zero-order valence-electron chi connectivity index (χ0n) is 15.0. The molecular weight excluding hydrogens is 398 g/mol. The number of rotatable bonds is 6. The highest BCUT2D eigenvalue weighted by atomic mass is 79.9. The largest absolute Gasteiger partial charge is 0.368 e. The molecular formula is C18H24BrN5O2. The summed E-state index contributed by atoms with van der Waals surface area (Å²) in [6.07, 6.45) is 3.07. The maximum Gasteiger partial charge on any atom is 0.347 e. The maximum atomic E-state index is 11.9. The fraction of sp³-hybridized carbons (Fsp3) is 0.500. The van der Waals surface area contributed by atoms with Crippen molar-refractivity contribution in [2.45, 2.75) is 19.4 Å². The van der Waals surface area contributed by atoms with E-state index in [0.717, 1.165) is 54.6 Å². The molecule has 0 unspecified atom stereocenters. The lowest BCUT2D eigenvalue weighted by Crippen LogP contribution is -2.46. The van der Waals surface area contributed by atoms with E-state index in [1.54, 1.807) is 0 Å². The molecule has 0 bridgehead atoms. The molecule has 1 aromatic carbocycles. The van der Waals surface area contributed by atoms with E-state index >= 15 is 0 Å². The van der Waals surface area contributed by atoms with Crippen LogP contribution < -0.4 is 16.1 Å². The third-order valence-corrected chi connectivity index (χ3v) is 5.48. The molecule has 1 fully saturated rings. The molecule has 2 aromatic rings. The van der Waals surface area contributed by atoms with Crippen LogP contribution in [0.5, 0.6) is 0 Å². The monoisotopic (exact) mass is 421 g/mol. The van der Waals surface area contributed by atoms with Crippen molar-refractivity contribution in [1.82, 2.24) is 19.2 Å². The summed E-state index contributed by atoms with van der Waals surface area (Å²) in [7, 11) is 1.48. The third kappa shape index (κ3) is 4.42. The van der Waals surface area contributed by atoms with Crippen molar-refractivity contribution in [1.29, 1.82) is 0 Å². The van der Waals surface area contributed by atoms with Crippen LogP contribution in [-0.4, -0.2) is 52.0 Å². The third-order valence-electron chi connectivity index (χ3n) is 4.81. The molecule has 7 nitrogen and oxygen atoms in total. The summed E-state index contributed by atoms with van der Waals surface area (Å²) in [6.45, 7) is 5.68. The molecule has 1 aromatic heterocycles. The van der Waals surface area contributed by atoms with Gasteiger partial charge in [-0.15, -0.1) is 0 Å². The average molecular weight is 422 g/mol. The quantitative estimate of drug-likeness (QED) is 0.657. The van der Waals surface area contributed by atoms with Gasteiger partial charge in [0.05, 0.1) is 5.69 Å². The van der Waals surface area contributed by atoms with Crippen LogP contribution in [-0.2, 0) is 13.6 Å². The van der Waals surface area contributed by atoms with Gasteiger partial charge in [0.15, 0.2) is 0 Å². The van der Waals surface area contributed by atoms with Crippen molar-refractivity contribution in [2.24, 2.45) is 7.05 Å². The number of para-hydroxylation sites is 1. The van der Waals surface area contributed by atoms with Crippen LogP contribution in [0.1, 0.15) is 12.8 Å². The van der Waals surface area contributed by atoms with Crippen LogP contribution in [0.25, 0.3) is 0 Å². The molecule has 0 radical (unpaired) electrons. The van der Waals surface area contributed by atoms with Gasteiger partial charge in [0, 0.05) is 44.2 Å². The summed E-state index contributed by atoms with van der Waals surface area (Å²) in [6, 6.07) is 8.34. The van der Waals surface area contributed by atoms with Gasteiger partial charge in [0.25, 0.3) is 5.56 Å². The van der Waals surface area contributed by atoms with Gasteiger partial charge in [-0.3, -0.25) is 14.3 Å². The van der Waals surface area contributed by atoms with Crippen molar-refractivity contribution in [2.75, 3.05) is 37.6 Å². The van der Waals surface area contributed by atoms with Gasteiger partial charge < -0.3 is 4.90 Å². The van der Waals surface area contributed by atoms with Crippen molar-refractivity contribution in [3.8, 4) is 0 Å². The van der Waals surface area contributed by atoms with E-state index in [1.165, 1.54) is 23.6 Å². The average Bonchev–Trinajstić information content (AvgIpc) is 2.66. The normalized spacial score (nSPS) is 15.4. The summed E-state index contributed by atoms with van der Waals surface area (Å²) < 4.78 is 3.60. The van der Waals surface area contributed by atoms with Crippen LogP contribution in [0.3, 0.4) is 0 Å². The second-order valence-corrected chi connectivity index (χ2v) is 7.39. The van der Waals surface area contributed by atoms with E-state index in [1.807, 2.05) is 6.07 Å². The minimum Gasteiger partial charge on any atom is -0.368 e. The number of unbranched alkanes of at least 4 members (excludes halogenated alkanes) is 1. The highest BCUT2D eigenvalue weighted by Crippen LogP contribution is 2.26. The molecule has 140 valence electrons. The number of halogens is 1. The summed E-state index contributed by atoms with van der Waals surface area (Å²) in [4.78, 5) is 28.2. The molecule has 0 amide bonds. The first kappa shape index (κ1) is 18.8. The Morgan fingerprint density at radius 3 is 2.46 bits per heavy atom. The molecule has 2 heterocycles. The fourth-order valence-electron chi connectivity index (χ4n) is 3.19. The zero-order chi connectivity index (χ0) is 18.5. The van der Waals surface area contributed by atoms with E-state index < -0.39 is 0 Å². The van der Waals surface area contributed by atoms with Crippen molar-refractivity contribution >= 4 is 21.6 Å². The lowest BCUT2D eigenvalue weighted by Gasteiger charge is -2.36. The van der Waals surface area contributed by atoms with Gasteiger partial charge in [-0.25, -0.2) is 9.48 Å². The SMILES string of the molecule is Cn1c(=O)cnn(CCCCN2CCN(c3ccccc3Br)CC2)c1=O. The summed E-state index contributed by atoms with van der Waals surface area (Å²) in [5, 5.41) is 3.92. The highest BCUT2D eigenvalue weighted by Gasteiger charge is 2.18. The molecule has 0 spiro atoms. The molecule has 0 aliphatic carbocycles. The molecule has 0 saturated carbocycles. The number of piperazine rings is 1. The summed E-state index contributed by atoms with van der Waals surface area (Å²) in [5.41, 5.74) is 0.543. The van der Waals surface area contributed by atoms with Gasteiger partial charge in [0.1, 0.15) is 6.20 Å². The first-order chi connectivity index (χ1) is 12.6. The predicted octanol–water partition coefficient (Wildman–Crippen LogP) is 1.31. The van der Waals surface area contributed by atoms with Crippen LogP contribution in [0.4, 0.5) is 5.69 Å².